The first kappa shape index (κ1) is 20.7. The maximum atomic E-state index is 5.31. The molecule has 0 aliphatic carbocycles. The fourth-order valence-corrected chi connectivity index (χ4v) is 4.20. The number of hydrogen-bond donors (Lipinski definition) is 0. The van der Waals surface area contributed by atoms with Gasteiger partial charge in [0.15, 0.2) is 0 Å². The third kappa shape index (κ3) is 4.75. The van der Waals surface area contributed by atoms with Crippen LogP contribution in [0.15, 0.2) is 36.7 Å². The highest BCUT2D eigenvalue weighted by Gasteiger charge is 2.24. The van der Waals surface area contributed by atoms with E-state index < -0.39 is 0 Å². The molecule has 1 aliphatic rings. The third-order valence-corrected chi connectivity index (χ3v) is 5.89. The van der Waals surface area contributed by atoms with Crippen LogP contribution in [0.3, 0.4) is 0 Å². The van der Waals surface area contributed by atoms with E-state index in [1.165, 1.54) is 34.8 Å². The molecule has 0 saturated carbocycles. The van der Waals surface area contributed by atoms with Crippen molar-refractivity contribution >= 4 is 0 Å². The summed E-state index contributed by atoms with van der Waals surface area (Å²) in [5.41, 5.74) is 5.13. The van der Waals surface area contributed by atoms with Gasteiger partial charge in [-0.25, -0.2) is 4.98 Å². The van der Waals surface area contributed by atoms with Gasteiger partial charge in [0.2, 0.25) is 0 Å². The lowest BCUT2D eigenvalue weighted by Crippen LogP contribution is -2.34. The molecule has 0 amide bonds. The van der Waals surface area contributed by atoms with Gasteiger partial charge >= 0.3 is 0 Å². The minimum Gasteiger partial charge on any atom is -0.497 e. The molecular formula is C24H33N5O. The molecular weight excluding hydrogens is 374 g/mol. The Labute approximate surface area is 179 Å². The molecule has 1 aromatic carbocycles. The Morgan fingerprint density at radius 1 is 1.10 bits per heavy atom. The fourth-order valence-electron chi connectivity index (χ4n) is 4.20. The van der Waals surface area contributed by atoms with Crippen LogP contribution in [0.5, 0.6) is 5.75 Å². The van der Waals surface area contributed by atoms with E-state index in [9.17, 15) is 0 Å². The summed E-state index contributed by atoms with van der Waals surface area (Å²) in [5.74, 6) is 2.84. The lowest BCUT2D eigenvalue weighted by Gasteiger charge is -2.29. The summed E-state index contributed by atoms with van der Waals surface area (Å²) in [4.78, 5) is 7.65. The second-order valence-corrected chi connectivity index (χ2v) is 8.76. The van der Waals surface area contributed by atoms with Gasteiger partial charge < -0.3 is 9.30 Å². The Hall–Kier alpha value is -2.60. The summed E-state index contributed by atoms with van der Waals surface area (Å²) in [7, 11) is 3.68. The van der Waals surface area contributed by atoms with Gasteiger partial charge in [-0.05, 0) is 30.0 Å². The van der Waals surface area contributed by atoms with Crippen LogP contribution in [-0.4, -0.2) is 37.9 Å². The van der Waals surface area contributed by atoms with Crippen LogP contribution in [0.2, 0.25) is 0 Å². The molecule has 2 aromatic heterocycles. The summed E-state index contributed by atoms with van der Waals surface area (Å²) in [5, 5.41) is 4.32. The number of hydrogen-bond acceptors (Lipinski definition) is 4. The Bertz CT molecular complexity index is 970. The van der Waals surface area contributed by atoms with E-state index >= 15 is 0 Å². The first-order valence-electron chi connectivity index (χ1n) is 10.9. The molecule has 0 saturated heterocycles. The molecule has 6 nitrogen and oxygen atoms in total. The van der Waals surface area contributed by atoms with Crippen molar-refractivity contribution in [1.29, 1.82) is 0 Å². The van der Waals surface area contributed by atoms with E-state index in [0.29, 0.717) is 5.92 Å². The molecule has 0 N–H and O–H groups in total. The van der Waals surface area contributed by atoms with Gasteiger partial charge in [0.05, 0.1) is 24.7 Å². The van der Waals surface area contributed by atoms with Crippen molar-refractivity contribution in [2.24, 2.45) is 13.0 Å². The predicted octanol–water partition coefficient (Wildman–Crippen LogP) is 3.82. The van der Waals surface area contributed by atoms with Crippen LogP contribution in [0.1, 0.15) is 48.6 Å². The molecule has 0 radical (unpaired) electrons. The van der Waals surface area contributed by atoms with Gasteiger partial charge in [-0.1, -0.05) is 26.0 Å². The van der Waals surface area contributed by atoms with Gasteiger partial charge in [-0.15, -0.1) is 0 Å². The highest BCUT2D eigenvalue weighted by molar-refractivity contribution is 5.32. The van der Waals surface area contributed by atoms with Crippen molar-refractivity contribution in [1.82, 2.24) is 24.2 Å². The second-order valence-electron chi connectivity index (χ2n) is 8.76. The normalized spacial score (nSPS) is 14.3. The molecule has 160 valence electrons. The number of fused-ring (bicyclic) bond motifs is 1. The Morgan fingerprint density at radius 3 is 2.57 bits per heavy atom. The van der Waals surface area contributed by atoms with Gasteiger partial charge in [-0.2, -0.15) is 5.10 Å². The van der Waals surface area contributed by atoms with Crippen molar-refractivity contribution in [2.75, 3.05) is 13.7 Å². The largest absolute Gasteiger partial charge is 0.497 e. The van der Waals surface area contributed by atoms with Crippen molar-refractivity contribution in [3.8, 4) is 5.75 Å². The number of ether oxygens (including phenoxy) is 1. The first-order valence-corrected chi connectivity index (χ1v) is 10.9. The summed E-state index contributed by atoms with van der Waals surface area (Å²) in [6.07, 6.45) is 7.17. The van der Waals surface area contributed by atoms with Gasteiger partial charge in [0.1, 0.15) is 11.6 Å². The first-order chi connectivity index (χ1) is 14.5. The van der Waals surface area contributed by atoms with Crippen molar-refractivity contribution in [3.05, 3.63) is 65.0 Å². The molecule has 4 rings (SSSR count). The lowest BCUT2D eigenvalue weighted by atomic mass is 10.1. The second kappa shape index (κ2) is 9.04. The number of aromatic nitrogens is 4. The summed E-state index contributed by atoms with van der Waals surface area (Å²) in [6, 6.07) is 8.36. The monoisotopic (exact) mass is 407 g/mol. The van der Waals surface area contributed by atoms with Crippen LogP contribution >= 0.6 is 0 Å². The molecule has 3 aromatic rings. The Morgan fingerprint density at radius 2 is 1.90 bits per heavy atom. The average molecular weight is 408 g/mol. The van der Waals surface area contributed by atoms with Crippen LogP contribution in [-0.2, 0) is 39.5 Å². The van der Waals surface area contributed by atoms with E-state index in [-0.39, 0.29) is 0 Å². The zero-order valence-electron chi connectivity index (χ0n) is 18.6. The zero-order chi connectivity index (χ0) is 21.1. The number of nitrogens with zero attached hydrogens (tertiary/aromatic N) is 5. The van der Waals surface area contributed by atoms with Gasteiger partial charge in [0.25, 0.3) is 0 Å². The number of methoxy groups -OCH3 is 1. The Balaban J connectivity index is 1.57. The van der Waals surface area contributed by atoms with Gasteiger partial charge in [0, 0.05) is 57.8 Å². The summed E-state index contributed by atoms with van der Waals surface area (Å²) >= 11 is 0. The van der Waals surface area contributed by atoms with E-state index in [1.807, 2.05) is 30.1 Å². The molecule has 0 spiro atoms. The predicted molar refractivity (Wildman–Crippen MR) is 119 cm³/mol. The van der Waals surface area contributed by atoms with E-state index in [0.717, 1.165) is 44.8 Å². The Kier molecular flexibility index (Phi) is 6.23. The van der Waals surface area contributed by atoms with E-state index in [4.69, 9.17) is 9.72 Å². The molecule has 1 aliphatic heterocycles. The van der Waals surface area contributed by atoms with E-state index in [2.05, 4.69) is 46.7 Å². The van der Waals surface area contributed by atoms with Crippen molar-refractivity contribution in [2.45, 2.75) is 52.7 Å². The average Bonchev–Trinajstić information content (AvgIpc) is 3.30. The molecule has 0 atom stereocenters. The quantitative estimate of drug-likeness (QED) is 0.570. The van der Waals surface area contributed by atoms with Crippen LogP contribution in [0.4, 0.5) is 0 Å². The standard InChI is InChI=1S/C24H33N5O/c1-18(2)5-10-24-26-22(13-19-6-8-21(30-4)9-7-19)23-17-28(11-12-29(23)24)16-20-14-25-27(3)15-20/h6-9,14-15,18H,5,10-13,16-17H2,1-4H3. The lowest BCUT2D eigenvalue weighted by molar-refractivity contribution is 0.210. The molecule has 0 bridgehead atoms. The van der Waals surface area contributed by atoms with Crippen molar-refractivity contribution < 1.29 is 4.74 Å². The topological polar surface area (TPSA) is 48.1 Å². The minimum atomic E-state index is 0.689. The van der Waals surface area contributed by atoms with Crippen LogP contribution < -0.4 is 4.74 Å². The number of benzene rings is 1. The maximum Gasteiger partial charge on any atom is 0.118 e. The zero-order valence-corrected chi connectivity index (χ0v) is 18.6. The van der Waals surface area contributed by atoms with Crippen LogP contribution in [0, 0.1) is 5.92 Å². The smallest absolute Gasteiger partial charge is 0.118 e. The van der Waals surface area contributed by atoms with E-state index in [1.54, 1.807) is 7.11 Å². The summed E-state index contributed by atoms with van der Waals surface area (Å²) < 4.78 is 9.67. The molecule has 3 heterocycles. The maximum absolute atomic E-state index is 5.31. The van der Waals surface area contributed by atoms with Gasteiger partial charge in [-0.3, -0.25) is 9.58 Å². The molecule has 0 fully saturated rings. The SMILES string of the molecule is COc1ccc(Cc2nc(CCC(C)C)n3c2CN(Cc2cnn(C)c2)CC3)cc1. The minimum absolute atomic E-state index is 0.689. The number of imidazole rings is 1. The van der Waals surface area contributed by atoms with Crippen molar-refractivity contribution in [3.63, 3.8) is 0 Å². The number of rotatable bonds is 8. The van der Waals surface area contributed by atoms with Crippen LogP contribution in [0.25, 0.3) is 0 Å². The molecule has 0 unspecified atom stereocenters. The fraction of sp³-hybridized carbons (Fsp3) is 0.500. The summed E-state index contributed by atoms with van der Waals surface area (Å²) in [6.45, 7) is 8.51. The third-order valence-electron chi connectivity index (χ3n) is 5.89. The highest BCUT2D eigenvalue weighted by atomic mass is 16.5. The highest BCUT2D eigenvalue weighted by Crippen LogP contribution is 2.25. The number of aryl methyl sites for hydroxylation is 2. The molecule has 6 heteroatoms. The molecule has 30 heavy (non-hydrogen) atoms.